The van der Waals surface area contributed by atoms with Crippen LogP contribution >= 0.6 is 15.9 Å². The lowest BCUT2D eigenvalue weighted by atomic mass is 10.1. The summed E-state index contributed by atoms with van der Waals surface area (Å²) < 4.78 is 1.08. The molecule has 1 nitrogen and oxygen atoms in total. The first-order valence-electron chi connectivity index (χ1n) is 8.86. The summed E-state index contributed by atoms with van der Waals surface area (Å²) in [7, 11) is 0. The van der Waals surface area contributed by atoms with Gasteiger partial charge in [-0.2, -0.15) is 0 Å². The van der Waals surface area contributed by atoms with Crippen LogP contribution in [0.2, 0.25) is 0 Å². The first kappa shape index (κ1) is 18.9. The van der Waals surface area contributed by atoms with Crippen LogP contribution < -0.4 is 4.90 Å². The van der Waals surface area contributed by atoms with E-state index < -0.39 is 0 Å². The van der Waals surface area contributed by atoms with Gasteiger partial charge < -0.3 is 4.90 Å². The van der Waals surface area contributed by atoms with Gasteiger partial charge in [0.15, 0.2) is 0 Å². The van der Waals surface area contributed by atoms with Gasteiger partial charge >= 0.3 is 0 Å². The van der Waals surface area contributed by atoms with E-state index in [1.54, 1.807) is 0 Å². The highest BCUT2D eigenvalue weighted by molar-refractivity contribution is 9.10. The lowest BCUT2D eigenvalue weighted by Crippen LogP contribution is -2.14. The molecule has 0 aliphatic carbocycles. The van der Waals surface area contributed by atoms with Crippen molar-refractivity contribution in [2.75, 3.05) is 4.90 Å². The molecule has 0 unspecified atom stereocenters. The van der Waals surface area contributed by atoms with Gasteiger partial charge in [-0.15, -0.1) is 0 Å². The van der Waals surface area contributed by atoms with Gasteiger partial charge in [0, 0.05) is 21.5 Å². The van der Waals surface area contributed by atoms with Crippen molar-refractivity contribution in [3.63, 3.8) is 0 Å². The summed E-state index contributed by atoms with van der Waals surface area (Å²) in [4.78, 5) is 2.21. The Morgan fingerprint density at radius 2 is 1.41 bits per heavy atom. The molecule has 0 saturated heterocycles. The smallest absolute Gasteiger partial charge is 0.0461 e. The Hall–Kier alpha value is -2.84. The third kappa shape index (κ3) is 4.87. The van der Waals surface area contributed by atoms with Crippen LogP contribution in [0.4, 0.5) is 11.4 Å². The van der Waals surface area contributed by atoms with Crippen LogP contribution in [0.15, 0.2) is 120 Å². The topological polar surface area (TPSA) is 3.24 Å². The lowest BCUT2D eigenvalue weighted by molar-refractivity contribution is 1.21. The maximum Gasteiger partial charge on any atom is 0.0461 e. The van der Waals surface area contributed by atoms with Crippen molar-refractivity contribution in [2.24, 2.45) is 0 Å². The molecule has 2 heteroatoms. The number of halogens is 1. The fraction of sp³-hybridized carbons (Fsp3) is 0.0400. The van der Waals surface area contributed by atoms with Gasteiger partial charge in [0.05, 0.1) is 0 Å². The molecule has 3 rings (SSSR count). The molecule has 27 heavy (non-hydrogen) atoms. The van der Waals surface area contributed by atoms with E-state index in [9.17, 15) is 0 Å². The van der Waals surface area contributed by atoms with E-state index in [-0.39, 0.29) is 0 Å². The molecular weight excluding hydrogens is 394 g/mol. The number of benzene rings is 3. The zero-order chi connectivity index (χ0) is 19.1. The minimum Gasteiger partial charge on any atom is -0.311 e. The van der Waals surface area contributed by atoms with Gasteiger partial charge in [-0.25, -0.2) is 0 Å². The van der Waals surface area contributed by atoms with E-state index >= 15 is 0 Å². The number of nitrogens with zero attached hydrogens (tertiary/aromatic N) is 1. The molecule has 0 aromatic heterocycles. The average Bonchev–Trinajstić information content (AvgIpc) is 2.72. The highest BCUT2D eigenvalue weighted by Crippen LogP contribution is 2.30. The highest BCUT2D eigenvalue weighted by Gasteiger charge is 2.11. The number of para-hydroxylation sites is 2. The van der Waals surface area contributed by atoms with E-state index in [1.165, 1.54) is 11.1 Å². The predicted molar refractivity (Wildman–Crippen MR) is 121 cm³/mol. The SMILES string of the molecule is C=C/C(=C\C=C(/C)c1cccc(Br)c1)N(c1ccccc1)c1ccccc1. The van der Waals surface area contributed by atoms with E-state index in [4.69, 9.17) is 0 Å². The standard InChI is InChI=1S/C25H22BrN/c1-3-23(18-17-20(2)21-11-10-12-22(26)19-21)27(24-13-6-4-7-14-24)25-15-8-5-9-16-25/h3-19H,1H2,2H3/b20-17+,23-18+. The third-order valence-corrected chi connectivity index (χ3v) is 4.77. The van der Waals surface area contributed by atoms with E-state index in [0.717, 1.165) is 21.5 Å². The molecule has 3 aromatic rings. The molecule has 0 N–H and O–H groups in total. The largest absolute Gasteiger partial charge is 0.311 e. The molecule has 0 spiro atoms. The molecule has 3 aromatic carbocycles. The minimum absolute atomic E-state index is 1.02. The van der Waals surface area contributed by atoms with Crippen molar-refractivity contribution in [3.8, 4) is 0 Å². The monoisotopic (exact) mass is 415 g/mol. The summed E-state index contributed by atoms with van der Waals surface area (Å²) in [6.07, 6.45) is 6.14. The Morgan fingerprint density at radius 1 is 0.815 bits per heavy atom. The maximum absolute atomic E-state index is 4.05. The zero-order valence-corrected chi connectivity index (χ0v) is 16.9. The number of rotatable bonds is 6. The molecule has 0 aliphatic heterocycles. The first-order chi connectivity index (χ1) is 13.2. The summed E-state index contributed by atoms with van der Waals surface area (Å²) in [5, 5.41) is 0. The van der Waals surface area contributed by atoms with Crippen molar-refractivity contribution in [3.05, 3.63) is 125 Å². The number of hydrogen-bond acceptors (Lipinski definition) is 1. The molecule has 0 fully saturated rings. The summed E-state index contributed by atoms with van der Waals surface area (Å²) in [6.45, 7) is 6.17. The van der Waals surface area contributed by atoms with Crippen LogP contribution in [0.3, 0.4) is 0 Å². The van der Waals surface area contributed by atoms with Crippen molar-refractivity contribution in [1.82, 2.24) is 0 Å². The Kier molecular flexibility index (Phi) is 6.45. The van der Waals surface area contributed by atoms with Gasteiger partial charge in [0.2, 0.25) is 0 Å². The van der Waals surface area contributed by atoms with Crippen molar-refractivity contribution in [2.45, 2.75) is 6.92 Å². The van der Waals surface area contributed by atoms with Crippen LogP contribution in [-0.4, -0.2) is 0 Å². The Balaban J connectivity index is 2.02. The van der Waals surface area contributed by atoms with E-state index in [2.05, 4.69) is 113 Å². The molecule has 0 atom stereocenters. The van der Waals surface area contributed by atoms with Gasteiger partial charge in [-0.05, 0) is 66.6 Å². The summed E-state index contributed by atoms with van der Waals surface area (Å²) in [6, 6.07) is 29.0. The average molecular weight is 416 g/mol. The van der Waals surface area contributed by atoms with Gasteiger partial charge in [-0.3, -0.25) is 0 Å². The Bertz CT molecular complexity index is 916. The van der Waals surface area contributed by atoms with E-state index in [0.29, 0.717) is 0 Å². The molecule has 0 saturated carbocycles. The fourth-order valence-electron chi connectivity index (χ4n) is 2.88. The lowest BCUT2D eigenvalue weighted by Gasteiger charge is -2.26. The van der Waals surface area contributed by atoms with Crippen LogP contribution in [-0.2, 0) is 0 Å². The summed E-state index contributed by atoms with van der Waals surface area (Å²) in [5.41, 5.74) is 5.60. The Labute approximate surface area is 170 Å². The quantitative estimate of drug-likeness (QED) is 0.371. The van der Waals surface area contributed by atoms with Crippen LogP contribution in [0.5, 0.6) is 0 Å². The number of allylic oxidation sites excluding steroid dienone is 4. The maximum atomic E-state index is 4.05. The second-order valence-electron chi connectivity index (χ2n) is 6.16. The van der Waals surface area contributed by atoms with Gasteiger partial charge in [-0.1, -0.05) is 77.1 Å². The molecule has 0 amide bonds. The van der Waals surface area contributed by atoms with Crippen molar-refractivity contribution in [1.29, 1.82) is 0 Å². The highest BCUT2D eigenvalue weighted by atomic mass is 79.9. The number of anilines is 2. The van der Waals surface area contributed by atoms with E-state index in [1.807, 2.05) is 24.3 Å². The fourth-order valence-corrected chi connectivity index (χ4v) is 3.27. The molecule has 134 valence electrons. The summed E-state index contributed by atoms with van der Waals surface area (Å²) >= 11 is 3.54. The van der Waals surface area contributed by atoms with Crippen LogP contribution in [0, 0.1) is 0 Å². The van der Waals surface area contributed by atoms with Crippen LogP contribution in [0.25, 0.3) is 5.57 Å². The van der Waals surface area contributed by atoms with Crippen molar-refractivity contribution >= 4 is 32.9 Å². The molecule has 0 heterocycles. The van der Waals surface area contributed by atoms with Gasteiger partial charge in [0.1, 0.15) is 0 Å². The predicted octanol–water partition coefficient (Wildman–Crippen LogP) is 7.76. The normalized spacial score (nSPS) is 11.9. The molecule has 0 radical (unpaired) electrons. The molecular formula is C25H22BrN. The second-order valence-corrected chi connectivity index (χ2v) is 7.08. The van der Waals surface area contributed by atoms with Gasteiger partial charge in [0.25, 0.3) is 0 Å². The molecule has 0 aliphatic rings. The molecule has 0 bridgehead atoms. The second kappa shape index (κ2) is 9.20. The minimum atomic E-state index is 1.02. The van der Waals surface area contributed by atoms with Crippen LogP contribution in [0.1, 0.15) is 12.5 Å². The number of hydrogen-bond donors (Lipinski definition) is 0. The van der Waals surface area contributed by atoms with Crippen molar-refractivity contribution < 1.29 is 0 Å². The third-order valence-electron chi connectivity index (χ3n) is 4.28. The first-order valence-corrected chi connectivity index (χ1v) is 9.65. The summed E-state index contributed by atoms with van der Waals surface area (Å²) in [5.74, 6) is 0. The zero-order valence-electron chi connectivity index (χ0n) is 15.3. The Morgan fingerprint density at radius 3 is 1.93 bits per heavy atom.